The van der Waals surface area contributed by atoms with Crippen LogP contribution in [0.5, 0.6) is 23.3 Å². The van der Waals surface area contributed by atoms with Gasteiger partial charge in [-0.3, -0.25) is 14.6 Å². The lowest BCUT2D eigenvalue weighted by atomic mass is 10.1. The van der Waals surface area contributed by atoms with Gasteiger partial charge in [0.2, 0.25) is 5.91 Å². The Labute approximate surface area is 314 Å². The monoisotopic (exact) mass is 732 g/mol. The number of piperazine rings is 2. The molecule has 280 valence electrons. The van der Waals surface area contributed by atoms with E-state index in [1.807, 2.05) is 29.2 Å². The van der Waals surface area contributed by atoms with Crippen LogP contribution in [0.2, 0.25) is 0 Å². The number of aliphatic hydroxyl groups excluding tert-OH is 1. The lowest BCUT2D eigenvalue weighted by Crippen LogP contribution is -2.49. The molecule has 0 radical (unpaired) electrons. The molecule has 4 bridgehead atoms. The van der Waals surface area contributed by atoms with Crippen molar-refractivity contribution in [3.63, 3.8) is 0 Å². The minimum atomic E-state index is -0.391. The van der Waals surface area contributed by atoms with E-state index < -0.39 is 6.61 Å². The molecule has 4 saturated heterocycles. The lowest BCUT2D eigenvalue weighted by Gasteiger charge is -2.34. The van der Waals surface area contributed by atoms with Gasteiger partial charge in [0, 0.05) is 86.6 Å². The molecular formula is C40H44N8O6. The summed E-state index contributed by atoms with van der Waals surface area (Å²) in [6.07, 6.45) is 5.49. The van der Waals surface area contributed by atoms with E-state index in [0.29, 0.717) is 48.8 Å². The number of likely N-dealkylation sites (tertiary alicyclic amines) is 3. The van der Waals surface area contributed by atoms with Crippen molar-refractivity contribution in [3.8, 4) is 23.3 Å². The minimum absolute atomic E-state index is 0.0894. The molecule has 4 aromatic rings. The second-order valence-corrected chi connectivity index (χ2v) is 14.5. The molecule has 14 heteroatoms. The fraction of sp³-hybridized carbons (Fsp3) is 0.425. The van der Waals surface area contributed by atoms with Crippen molar-refractivity contribution in [2.24, 2.45) is 0 Å². The highest BCUT2D eigenvalue weighted by Crippen LogP contribution is 2.36. The minimum Gasteiger partial charge on any atom is -0.484 e. The smallest absolute Gasteiger partial charge is 0.257 e. The summed E-state index contributed by atoms with van der Waals surface area (Å²) in [5.74, 6) is 2.38. The number of nitrogens with zero attached hydrogens (tertiary/aromatic N) is 7. The van der Waals surface area contributed by atoms with Gasteiger partial charge >= 0.3 is 0 Å². The molecule has 0 aliphatic carbocycles. The number of rotatable bonds is 7. The van der Waals surface area contributed by atoms with Gasteiger partial charge in [-0.2, -0.15) is 0 Å². The van der Waals surface area contributed by atoms with Crippen LogP contribution in [0.3, 0.4) is 0 Å². The van der Waals surface area contributed by atoms with Crippen LogP contribution in [-0.4, -0.2) is 106 Å². The molecule has 2 N–H and O–H groups in total. The molecule has 4 fully saturated rings. The van der Waals surface area contributed by atoms with Crippen molar-refractivity contribution in [1.82, 2.24) is 30.0 Å². The second kappa shape index (κ2) is 16.0. The number of carbonyl (C=O) groups is 1. The molecule has 6 atom stereocenters. The third-order valence-electron chi connectivity index (χ3n) is 11.2. The first-order chi connectivity index (χ1) is 26.6. The van der Waals surface area contributed by atoms with Gasteiger partial charge in [-0.25, -0.2) is 9.97 Å². The third kappa shape index (κ3) is 7.53. The van der Waals surface area contributed by atoms with Crippen molar-refractivity contribution in [2.45, 2.75) is 62.3 Å². The van der Waals surface area contributed by atoms with Crippen LogP contribution in [0, 0.1) is 10.8 Å². The summed E-state index contributed by atoms with van der Waals surface area (Å²) < 4.78 is 23.5. The molecule has 0 spiro atoms. The molecule has 0 unspecified atom stereocenters. The van der Waals surface area contributed by atoms with Gasteiger partial charge < -0.3 is 34.3 Å². The highest BCUT2D eigenvalue weighted by Gasteiger charge is 2.44. The number of hydrogen-bond acceptors (Lipinski definition) is 13. The van der Waals surface area contributed by atoms with Crippen molar-refractivity contribution in [1.29, 1.82) is 10.8 Å². The number of carbonyl (C=O) groups excluding carboxylic acids is 1. The zero-order valence-electron chi connectivity index (χ0n) is 29.9. The van der Waals surface area contributed by atoms with Crippen molar-refractivity contribution >= 4 is 5.91 Å². The Balaban J connectivity index is 0.000000148. The Bertz CT molecular complexity index is 1930. The average molecular weight is 733 g/mol. The quantitative estimate of drug-likeness (QED) is 0.265. The SMILES string of the molecule is N#N.O=C(CO)N1C[C@@H]2C[C@H]1CN2Cc1ccc([C@H]2COc3cccnc3O2)cc1.c1cnc2c(c1)OC[C@H](c1ccc(CN3C[C@@H]4C[C@H]3CN4)cc1)O2. The number of hydrogen-bond donors (Lipinski definition) is 2. The summed E-state index contributed by atoms with van der Waals surface area (Å²) in [4.78, 5) is 27.1. The number of pyridine rings is 2. The van der Waals surface area contributed by atoms with Gasteiger partial charge in [-0.1, -0.05) is 48.5 Å². The zero-order chi connectivity index (χ0) is 37.0. The van der Waals surface area contributed by atoms with E-state index in [4.69, 9.17) is 34.8 Å². The fourth-order valence-electron chi connectivity index (χ4n) is 8.47. The maximum atomic E-state index is 11.8. The predicted molar refractivity (Wildman–Crippen MR) is 195 cm³/mol. The first-order valence-electron chi connectivity index (χ1n) is 18.5. The Kier molecular flexibility index (Phi) is 10.5. The van der Waals surface area contributed by atoms with Crippen LogP contribution in [0.1, 0.15) is 47.3 Å². The van der Waals surface area contributed by atoms with Gasteiger partial charge in [0.25, 0.3) is 11.8 Å². The summed E-state index contributed by atoms with van der Waals surface area (Å²) in [6, 6.07) is 26.7. The van der Waals surface area contributed by atoms with E-state index in [1.165, 1.54) is 24.1 Å². The van der Waals surface area contributed by atoms with Crippen LogP contribution < -0.4 is 24.3 Å². The molecule has 1 amide bonds. The summed E-state index contributed by atoms with van der Waals surface area (Å²) in [7, 11) is 0. The van der Waals surface area contributed by atoms with Crippen LogP contribution >= 0.6 is 0 Å². The fourth-order valence-corrected chi connectivity index (χ4v) is 8.47. The molecule has 54 heavy (non-hydrogen) atoms. The number of amides is 1. The molecule has 10 rings (SSSR count). The van der Waals surface area contributed by atoms with Gasteiger partial charge in [0.05, 0.1) is 0 Å². The number of fused-ring (bicyclic) bond motifs is 6. The first kappa shape index (κ1) is 35.7. The number of aliphatic hydroxyl groups is 1. The van der Waals surface area contributed by atoms with Crippen molar-refractivity contribution in [2.75, 3.05) is 46.0 Å². The molecule has 8 heterocycles. The van der Waals surface area contributed by atoms with E-state index in [0.717, 1.165) is 56.0 Å². The molecular weight excluding hydrogens is 688 g/mol. The second-order valence-electron chi connectivity index (χ2n) is 14.5. The largest absolute Gasteiger partial charge is 0.484 e. The number of nitrogens with one attached hydrogen (secondary N) is 1. The van der Waals surface area contributed by atoms with Crippen LogP contribution in [0.25, 0.3) is 0 Å². The molecule has 14 nitrogen and oxygen atoms in total. The van der Waals surface area contributed by atoms with Gasteiger partial charge in [-0.15, -0.1) is 0 Å². The normalized spacial score (nSPS) is 26.0. The Hall–Kier alpha value is -5.33. The topological polar surface area (TPSA) is 169 Å². The molecule has 6 aliphatic rings. The number of ether oxygens (including phenoxy) is 4. The molecule has 2 aromatic heterocycles. The summed E-state index contributed by atoms with van der Waals surface area (Å²) in [6.45, 7) is 6.43. The van der Waals surface area contributed by atoms with Crippen LogP contribution in [0.15, 0.2) is 85.2 Å². The van der Waals surface area contributed by atoms with Gasteiger partial charge in [0.15, 0.2) is 23.7 Å². The lowest BCUT2D eigenvalue weighted by molar-refractivity contribution is -0.136. The maximum absolute atomic E-state index is 11.8. The standard InChI is InChI=1S/C21H23N3O4.C19H21N3O2.N2/c25-12-20(26)24-11-16-8-17(24)10-23(16)9-14-3-5-15(6-4-14)19-13-27-18-2-1-7-22-21(18)28-19;1-2-17-19(20-7-1)24-18(12-23-17)14-5-3-13(4-6-14)10-22-11-15-8-16(22)9-21-15;1-2/h1-7,16-17,19,25H,8-13H2;1-7,15-16,18,21H,8-12H2;/t16-,17-,19+;15-,16-,18+;/m00./s1. The van der Waals surface area contributed by atoms with E-state index in [-0.39, 0.29) is 24.2 Å². The Morgan fingerprint density at radius 3 is 1.74 bits per heavy atom. The Morgan fingerprint density at radius 2 is 1.28 bits per heavy atom. The van der Waals surface area contributed by atoms with E-state index in [9.17, 15) is 4.79 Å². The average Bonchev–Trinajstić information content (AvgIpc) is 4.05. The molecule has 6 aliphatic heterocycles. The summed E-state index contributed by atoms with van der Waals surface area (Å²) in [5, 5.41) is 24.6. The summed E-state index contributed by atoms with van der Waals surface area (Å²) >= 11 is 0. The van der Waals surface area contributed by atoms with Crippen molar-refractivity contribution < 1.29 is 28.8 Å². The van der Waals surface area contributed by atoms with Crippen molar-refractivity contribution in [3.05, 3.63) is 107 Å². The Morgan fingerprint density at radius 1 is 0.722 bits per heavy atom. The third-order valence-corrected chi connectivity index (χ3v) is 11.2. The molecule has 0 saturated carbocycles. The first-order valence-corrected chi connectivity index (χ1v) is 18.5. The zero-order valence-corrected chi connectivity index (χ0v) is 29.9. The van der Waals surface area contributed by atoms with E-state index >= 15 is 0 Å². The predicted octanol–water partition coefficient (Wildman–Crippen LogP) is 3.54. The van der Waals surface area contributed by atoms with Crippen LogP contribution in [0.4, 0.5) is 0 Å². The number of benzene rings is 2. The molecule has 2 aromatic carbocycles. The maximum Gasteiger partial charge on any atom is 0.257 e. The highest BCUT2D eigenvalue weighted by molar-refractivity contribution is 5.78. The van der Waals surface area contributed by atoms with E-state index in [1.54, 1.807) is 12.4 Å². The number of aromatic nitrogens is 2. The summed E-state index contributed by atoms with van der Waals surface area (Å²) in [5.41, 5.74) is 4.82. The van der Waals surface area contributed by atoms with E-state index in [2.05, 4.69) is 73.6 Å². The van der Waals surface area contributed by atoms with Crippen LogP contribution in [-0.2, 0) is 17.9 Å². The highest BCUT2D eigenvalue weighted by atomic mass is 16.6. The van der Waals surface area contributed by atoms with Gasteiger partial charge in [-0.05, 0) is 59.4 Å². The van der Waals surface area contributed by atoms with Gasteiger partial charge in [0.1, 0.15) is 19.8 Å².